The van der Waals surface area contributed by atoms with E-state index in [2.05, 4.69) is 0 Å². The van der Waals surface area contributed by atoms with Gasteiger partial charge in [0.1, 0.15) is 11.5 Å². The number of esters is 1. The molecule has 0 aromatic heterocycles. The highest BCUT2D eigenvalue weighted by molar-refractivity contribution is 7.89. The van der Waals surface area contributed by atoms with Crippen LogP contribution in [0.25, 0.3) is 0 Å². The van der Waals surface area contributed by atoms with E-state index in [0.717, 1.165) is 6.07 Å². The van der Waals surface area contributed by atoms with Crippen LogP contribution < -0.4 is 9.88 Å². The predicted octanol–water partition coefficient (Wildman–Crippen LogP) is 2.49. The summed E-state index contributed by atoms with van der Waals surface area (Å²) in [5.74, 6) is -1.32. The minimum Gasteiger partial charge on any atom is -0.494 e. The highest BCUT2D eigenvalue weighted by atomic mass is 35.5. The summed E-state index contributed by atoms with van der Waals surface area (Å²) in [5.41, 5.74) is 0.361. The molecule has 0 heterocycles. The van der Waals surface area contributed by atoms with E-state index in [0.29, 0.717) is 5.56 Å². The number of primary sulfonamides is 1. The van der Waals surface area contributed by atoms with Crippen molar-refractivity contribution in [1.29, 1.82) is 0 Å². The Balaban J connectivity index is 2.15. The minimum absolute atomic E-state index is 0.0441. The van der Waals surface area contributed by atoms with Gasteiger partial charge in [0.15, 0.2) is 11.6 Å². The van der Waals surface area contributed by atoms with E-state index in [-0.39, 0.29) is 27.8 Å². The van der Waals surface area contributed by atoms with E-state index < -0.39 is 21.8 Å². The fourth-order valence-corrected chi connectivity index (χ4v) is 2.95. The van der Waals surface area contributed by atoms with E-state index >= 15 is 0 Å². The molecule has 0 amide bonds. The SMILES string of the molecule is COc1ccc(COC(=O)c2ccc(Cl)c(S(N)(=O)=O)c2)cc1F. The molecular formula is C15H13ClFNO5S. The van der Waals surface area contributed by atoms with E-state index in [1.54, 1.807) is 0 Å². The lowest BCUT2D eigenvalue weighted by Crippen LogP contribution is -2.14. The smallest absolute Gasteiger partial charge is 0.338 e. The predicted molar refractivity (Wildman–Crippen MR) is 84.9 cm³/mol. The molecule has 0 aliphatic heterocycles. The van der Waals surface area contributed by atoms with Gasteiger partial charge in [0.05, 0.1) is 17.7 Å². The molecular weight excluding hydrogens is 361 g/mol. The first-order valence-electron chi connectivity index (χ1n) is 6.54. The highest BCUT2D eigenvalue weighted by Crippen LogP contribution is 2.22. The molecule has 0 saturated heterocycles. The molecule has 0 aliphatic carbocycles. The van der Waals surface area contributed by atoms with Gasteiger partial charge < -0.3 is 9.47 Å². The number of hydrogen-bond acceptors (Lipinski definition) is 5. The van der Waals surface area contributed by atoms with Crippen LogP contribution in [0.1, 0.15) is 15.9 Å². The molecule has 6 nitrogen and oxygen atoms in total. The van der Waals surface area contributed by atoms with Gasteiger partial charge in [-0.25, -0.2) is 22.7 Å². The van der Waals surface area contributed by atoms with Crippen molar-refractivity contribution in [3.05, 3.63) is 58.4 Å². The molecule has 0 aliphatic rings. The highest BCUT2D eigenvalue weighted by Gasteiger charge is 2.17. The maximum atomic E-state index is 13.6. The van der Waals surface area contributed by atoms with Gasteiger partial charge in [-0.2, -0.15) is 0 Å². The van der Waals surface area contributed by atoms with Gasteiger partial charge in [0.2, 0.25) is 10.0 Å². The van der Waals surface area contributed by atoms with Crippen molar-refractivity contribution < 1.29 is 27.1 Å². The third-order valence-electron chi connectivity index (χ3n) is 3.06. The second-order valence-corrected chi connectivity index (χ2v) is 6.67. The zero-order chi connectivity index (χ0) is 17.9. The van der Waals surface area contributed by atoms with E-state index in [4.69, 9.17) is 26.2 Å². The number of rotatable bonds is 5. The normalized spacial score (nSPS) is 11.2. The van der Waals surface area contributed by atoms with E-state index in [1.807, 2.05) is 0 Å². The minimum atomic E-state index is -4.07. The zero-order valence-corrected chi connectivity index (χ0v) is 14.0. The lowest BCUT2D eigenvalue weighted by Gasteiger charge is -2.08. The van der Waals surface area contributed by atoms with Crippen molar-refractivity contribution in [3.63, 3.8) is 0 Å². The first-order valence-corrected chi connectivity index (χ1v) is 8.46. The number of carbonyl (C=O) groups excluding carboxylic acids is 1. The van der Waals surface area contributed by atoms with Gasteiger partial charge in [0, 0.05) is 0 Å². The number of carbonyl (C=O) groups is 1. The molecule has 2 N–H and O–H groups in total. The monoisotopic (exact) mass is 373 g/mol. The number of nitrogens with two attached hydrogens (primary N) is 1. The maximum Gasteiger partial charge on any atom is 0.338 e. The van der Waals surface area contributed by atoms with Gasteiger partial charge in [0.25, 0.3) is 0 Å². The summed E-state index contributed by atoms with van der Waals surface area (Å²) in [5, 5.41) is 4.91. The molecule has 24 heavy (non-hydrogen) atoms. The van der Waals surface area contributed by atoms with Crippen LogP contribution in [-0.4, -0.2) is 21.5 Å². The Morgan fingerprint density at radius 2 is 1.96 bits per heavy atom. The Hall–Kier alpha value is -2.16. The van der Waals surface area contributed by atoms with E-state index in [1.165, 1.54) is 37.4 Å². The number of benzene rings is 2. The second kappa shape index (κ2) is 7.16. The number of ether oxygens (including phenoxy) is 2. The summed E-state index contributed by atoms with van der Waals surface area (Å²) in [6.45, 7) is -0.201. The van der Waals surface area contributed by atoms with Crippen LogP contribution in [-0.2, 0) is 21.4 Å². The Labute approximate surface area is 143 Å². The number of hydrogen-bond donors (Lipinski definition) is 1. The van der Waals surface area contributed by atoms with Crippen molar-refractivity contribution in [2.75, 3.05) is 7.11 Å². The van der Waals surface area contributed by atoms with Crippen molar-refractivity contribution in [3.8, 4) is 5.75 Å². The first kappa shape index (κ1) is 18.2. The van der Waals surface area contributed by atoms with Crippen molar-refractivity contribution in [1.82, 2.24) is 0 Å². The number of halogens is 2. The first-order chi connectivity index (χ1) is 11.2. The summed E-state index contributed by atoms with van der Waals surface area (Å²) in [4.78, 5) is 11.6. The standard InChI is InChI=1S/C15H13ClFNO5S/c1-22-13-5-2-9(6-12(13)17)8-23-15(19)10-3-4-11(16)14(7-10)24(18,20)21/h2-7H,8H2,1H3,(H2,18,20,21). The average molecular weight is 374 g/mol. The molecule has 128 valence electrons. The molecule has 0 unspecified atom stereocenters. The van der Waals surface area contributed by atoms with Crippen molar-refractivity contribution in [2.24, 2.45) is 5.14 Å². The summed E-state index contributed by atoms with van der Waals surface area (Å²) in [6.07, 6.45) is 0. The summed E-state index contributed by atoms with van der Waals surface area (Å²) in [7, 11) is -2.74. The largest absolute Gasteiger partial charge is 0.494 e. The Kier molecular flexibility index (Phi) is 5.43. The maximum absolute atomic E-state index is 13.6. The van der Waals surface area contributed by atoms with Crippen LogP contribution in [0.2, 0.25) is 5.02 Å². The molecule has 0 atom stereocenters. The molecule has 9 heteroatoms. The molecule has 0 bridgehead atoms. The Morgan fingerprint density at radius 1 is 1.25 bits per heavy atom. The fraction of sp³-hybridized carbons (Fsp3) is 0.133. The molecule has 0 saturated carbocycles. The number of sulfonamides is 1. The molecule has 0 radical (unpaired) electrons. The molecule has 2 aromatic rings. The second-order valence-electron chi connectivity index (χ2n) is 4.74. The lowest BCUT2D eigenvalue weighted by atomic mass is 10.2. The van der Waals surface area contributed by atoms with Crippen molar-refractivity contribution >= 4 is 27.6 Å². The Bertz CT molecular complexity index is 885. The van der Waals surface area contributed by atoms with Gasteiger partial charge in [-0.15, -0.1) is 0 Å². The van der Waals surface area contributed by atoms with Gasteiger partial charge >= 0.3 is 5.97 Å². The molecule has 2 aromatic carbocycles. The Morgan fingerprint density at radius 3 is 2.54 bits per heavy atom. The third kappa shape index (κ3) is 4.22. The topological polar surface area (TPSA) is 95.7 Å². The third-order valence-corrected chi connectivity index (χ3v) is 4.45. The molecule has 0 spiro atoms. The van der Waals surface area contributed by atoms with Gasteiger partial charge in [-0.1, -0.05) is 17.7 Å². The molecule has 2 rings (SSSR count). The van der Waals surface area contributed by atoms with Crippen LogP contribution in [0.3, 0.4) is 0 Å². The summed E-state index contributed by atoms with van der Waals surface area (Å²) >= 11 is 5.74. The summed E-state index contributed by atoms with van der Waals surface area (Å²) in [6, 6.07) is 7.66. The average Bonchev–Trinajstić information content (AvgIpc) is 2.52. The quantitative estimate of drug-likeness (QED) is 0.812. The lowest BCUT2D eigenvalue weighted by molar-refractivity contribution is 0.0472. The van der Waals surface area contributed by atoms with Crippen LogP contribution in [0.5, 0.6) is 5.75 Å². The summed E-state index contributed by atoms with van der Waals surface area (Å²) < 4.78 is 46.2. The number of methoxy groups -OCH3 is 1. The van der Waals surface area contributed by atoms with Crippen LogP contribution in [0.15, 0.2) is 41.3 Å². The van der Waals surface area contributed by atoms with Crippen LogP contribution in [0, 0.1) is 5.82 Å². The van der Waals surface area contributed by atoms with Crippen molar-refractivity contribution in [2.45, 2.75) is 11.5 Å². The zero-order valence-electron chi connectivity index (χ0n) is 12.5. The van der Waals surface area contributed by atoms with E-state index in [9.17, 15) is 17.6 Å². The van der Waals surface area contributed by atoms with Crippen LogP contribution >= 0.6 is 11.6 Å². The fourth-order valence-electron chi connectivity index (χ4n) is 1.88. The van der Waals surface area contributed by atoms with Crippen LogP contribution in [0.4, 0.5) is 4.39 Å². The van der Waals surface area contributed by atoms with Gasteiger partial charge in [-0.05, 0) is 35.9 Å². The molecule has 0 fully saturated rings. The van der Waals surface area contributed by atoms with Gasteiger partial charge in [-0.3, -0.25) is 0 Å².